The number of carbonyl (C=O) groups is 1. The third-order valence-corrected chi connectivity index (χ3v) is 6.69. The molecule has 1 aliphatic rings. The summed E-state index contributed by atoms with van der Waals surface area (Å²) < 4.78 is 12.9. The minimum atomic E-state index is 0.0198. The van der Waals surface area contributed by atoms with Crippen molar-refractivity contribution in [1.29, 1.82) is 0 Å². The van der Waals surface area contributed by atoms with E-state index < -0.39 is 0 Å². The fourth-order valence-corrected chi connectivity index (χ4v) is 4.48. The minimum Gasteiger partial charge on any atom is -0.497 e. The number of aromatic nitrogens is 2. The van der Waals surface area contributed by atoms with E-state index in [4.69, 9.17) is 14.6 Å². The molecule has 37 heavy (non-hydrogen) atoms. The quantitative estimate of drug-likeness (QED) is 0.354. The Morgan fingerprint density at radius 1 is 0.865 bits per heavy atom. The van der Waals surface area contributed by atoms with Crippen molar-refractivity contribution in [3.05, 3.63) is 96.2 Å². The molecule has 2 heterocycles. The van der Waals surface area contributed by atoms with Crippen LogP contribution >= 0.6 is 0 Å². The van der Waals surface area contributed by atoms with Crippen LogP contribution in [-0.2, 0) is 0 Å². The Kier molecular flexibility index (Phi) is 7.51. The standard InChI is InChI=1S/C30H32N4O3/c1-23-8-10-25(11-9-23)34-22-28(29(31-34)24-6-4-3-5-7-24)30(35)33-18-16-32(17-19-33)20-21-37-27-14-12-26(36-2)13-15-27/h3-15,22H,16-21H2,1-2H3. The molecule has 1 aromatic heterocycles. The highest BCUT2D eigenvalue weighted by molar-refractivity contribution is 6.00. The normalized spacial score (nSPS) is 13.9. The molecule has 1 amide bonds. The first-order valence-corrected chi connectivity index (χ1v) is 12.6. The van der Waals surface area contributed by atoms with E-state index in [1.807, 2.05) is 82.5 Å². The average Bonchev–Trinajstić information content (AvgIpc) is 3.40. The third-order valence-electron chi connectivity index (χ3n) is 6.69. The highest BCUT2D eigenvalue weighted by atomic mass is 16.5. The van der Waals surface area contributed by atoms with Gasteiger partial charge in [0, 0.05) is 44.5 Å². The molecule has 0 unspecified atom stereocenters. The molecule has 0 aliphatic carbocycles. The van der Waals surface area contributed by atoms with Crippen molar-refractivity contribution >= 4 is 5.91 Å². The number of hydrogen-bond acceptors (Lipinski definition) is 5. The van der Waals surface area contributed by atoms with Crippen LogP contribution in [0.2, 0.25) is 0 Å². The Morgan fingerprint density at radius 3 is 2.22 bits per heavy atom. The van der Waals surface area contributed by atoms with Crippen LogP contribution in [-0.4, -0.2) is 71.9 Å². The van der Waals surface area contributed by atoms with Crippen molar-refractivity contribution in [3.8, 4) is 28.4 Å². The van der Waals surface area contributed by atoms with Crippen molar-refractivity contribution in [3.63, 3.8) is 0 Å². The molecule has 0 atom stereocenters. The van der Waals surface area contributed by atoms with Gasteiger partial charge in [0.15, 0.2) is 0 Å². The SMILES string of the molecule is COc1ccc(OCCN2CCN(C(=O)c3cn(-c4ccc(C)cc4)nc3-c3ccccc3)CC2)cc1. The van der Waals surface area contributed by atoms with Crippen LogP contribution in [0.15, 0.2) is 85.1 Å². The zero-order valence-electron chi connectivity index (χ0n) is 21.3. The zero-order valence-corrected chi connectivity index (χ0v) is 21.3. The third kappa shape index (κ3) is 5.84. The number of benzene rings is 3. The Labute approximate surface area is 217 Å². The molecule has 7 heteroatoms. The highest BCUT2D eigenvalue weighted by Crippen LogP contribution is 2.25. The van der Waals surface area contributed by atoms with E-state index in [1.165, 1.54) is 5.56 Å². The first-order valence-electron chi connectivity index (χ1n) is 12.6. The Morgan fingerprint density at radius 2 is 1.54 bits per heavy atom. The van der Waals surface area contributed by atoms with E-state index >= 15 is 0 Å². The Balaban J connectivity index is 1.23. The van der Waals surface area contributed by atoms with Crippen LogP contribution in [0.5, 0.6) is 11.5 Å². The largest absolute Gasteiger partial charge is 0.497 e. The van der Waals surface area contributed by atoms with Gasteiger partial charge in [0.05, 0.1) is 18.4 Å². The van der Waals surface area contributed by atoms with Gasteiger partial charge in [0.1, 0.15) is 23.8 Å². The monoisotopic (exact) mass is 496 g/mol. The fourth-order valence-electron chi connectivity index (χ4n) is 4.48. The van der Waals surface area contributed by atoms with Gasteiger partial charge in [-0.15, -0.1) is 0 Å². The molecule has 3 aromatic carbocycles. The smallest absolute Gasteiger partial charge is 0.257 e. The predicted octanol–water partition coefficient (Wildman–Crippen LogP) is 4.69. The second-order valence-corrected chi connectivity index (χ2v) is 9.20. The average molecular weight is 497 g/mol. The van der Waals surface area contributed by atoms with Crippen molar-refractivity contribution in [2.45, 2.75) is 6.92 Å². The molecule has 1 fully saturated rings. The summed E-state index contributed by atoms with van der Waals surface area (Å²) in [5, 5.41) is 4.83. The molecular weight excluding hydrogens is 464 g/mol. The fraction of sp³-hybridized carbons (Fsp3) is 0.267. The number of piperazine rings is 1. The highest BCUT2D eigenvalue weighted by Gasteiger charge is 2.26. The van der Waals surface area contributed by atoms with Gasteiger partial charge in [0.2, 0.25) is 0 Å². The summed E-state index contributed by atoms with van der Waals surface area (Å²) in [6, 6.07) is 25.7. The van der Waals surface area contributed by atoms with E-state index in [-0.39, 0.29) is 5.91 Å². The number of amides is 1. The molecule has 1 saturated heterocycles. The molecule has 0 radical (unpaired) electrons. The second-order valence-electron chi connectivity index (χ2n) is 9.20. The molecule has 1 aliphatic heterocycles. The summed E-state index contributed by atoms with van der Waals surface area (Å²) in [7, 11) is 1.65. The van der Waals surface area contributed by atoms with Gasteiger partial charge in [-0.25, -0.2) is 4.68 Å². The lowest BCUT2D eigenvalue weighted by Gasteiger charge is -2.34. The van der Waals surface area contributed by atoms with Gasteiger partial charge in [-0.2, -0.15) is 5.10 Å². The van der Waals surface area contributed by atoms with Crippen LogP contribution in [0.3, 0.4) is 0 Å². The van der Waals surface area contributed by atoms with E-state index in [0.717, 1.165) is 42.4 Å². The van der Waals surface area contributed by atoms with Crippen LogP contribution in [0.4, 0.5) is 0 Å². The van der Waals surface area contributed by atoms with Gasteiger partial charge < -0.3 is 14.4 Å². The number of ether oxygens (including phenoxy) is 2. The molecule has 0 spiro atoms. The van der Waals surface area contributed by atoms with Crippen molar-refractivity contribution in [2.75, 3.05) is 46.4 Å². The summed E-state index contributed by atoms with van der Waals surface area (Å²) in [5.74, 6) is 1.66. The van der Waals surface area contributed by atoms with Gasteiger partial charge in [-0.3, -0.25) is 9.69 Å². The molecule has 0 saturated carbocycles. The lowest BCUT2D eigenvalue weighted by atomic mass is 10.1. The predicted molar refractivity (Wildman–Crippen MR) is 145 cm³/mol. The van der Waals surface area contributed by atoms with Gasteiger partial charge in [-0.05, 0) is 43.3 Å². The van der Waals surface area contributed by atoms with E-state index in [1.54, 1.807) is 7.11 Å². The summed E-state index contributed by atoms with van der Waals surface area (Å²) in [5.41, 5.74) is 4.39. The molecule has 0 bridgehead atoms. The van der Waals surface area contributed by atoms with E-state index in [0.29, 0.717) is 31.0 Å². The maximum Gasteiger partial charge on any atom is 0.257 e. The first kappa shape index (κ1) is 24.6. The van der Waals surface area contributed by atoms with Gasteiger partial charge >= 0.3 is 0 Å². The van der Waals surface area contributed by atoms with Crippen LogP contribution in [0.25, 0.3) is 16.9 Å². The van der Waals surface area contributed by atoms with E-state index in [2.05, 4.69) is 24.0 Å². The topological polar surface area (TPSA) is 59.8 Å². The number of nitrogens with zero attached hydrogens (tertiary/aromatic N) is 4. The number of methoxy groups -OCH3 is 1. The van der Waals surface area contributed by atoms with Gasteiger partial charge in [0.25, 0.3) is 5.91 Å². The molecule has 7 nitrogen and oxygen atoms in total. The summed E-state index contributed by atoms with van der Waals surface area (Å²) in [4.78, 5) is 17.9. The van der Waals surface area contributed by atoms with Crippen molar-refractivity contribution in [1.82, 2.24) is 19.6 Å². The second kappa shape index (κ2) is 11.3. The van der Waals surface area contributed by atoms with Crippen LogP contribution < -0.4 is 9.47 Å². The zero-order chi connectivity index (χ0) is 25.6. The van der Waals surface area contributed by atoms with Crippen molar-refractivity contribution in [2.24, 2.45) is 0 Å². The number of rotatable bonds is 8. The van der Waals surface area contributed by atoms with Crippen LogP contribution in [0.1, 0.15) is 15.9 Å². The number of aryl methyl sites for hydroxylation is 1. The maximum atomic E-state index is 13.7. The lowest BCUT2D eigenvalue weighted by Crippen LogP contribution is -2.49. The Bertz CT molecular complexity index is 1310. The van der Waals surface area contributed by atoms with Gasteiger partial charge in [-0.1, -0.05) is 48.0 Å². The first-order chi connectivity index (χ1) is 18.1. The number of carbonyl (C=O) groups excluding carboxylic acids is 1. The molecule has 4 aromatic rings. The summed E-state index contributed by atoms with van der Waals surface area (Å²) in [6.07, 6.45) is 1.87. The Hall–Kier alpha value is -4.10. The molecule has 5 rings (SSSR count). The molecule has 190 valence electrons. The lowest BCUT2D eigenvalue weighted by molar-refractivity contribution is 0.0621. The maximum absolute atomic E-state index is 13.7. The molecular formula is C30H32N4O3. The summed E-state index contributed by atoms with van der Waals surface area (Å²) >= 11 is 0. The number of hydrogen-bond donors (Lipinski definition) is 0. The van der Waals surface area contributed by atoms with E-state index in [9.17, 15) is 4.79 Å². The van der Waals surface area contributed by atoms with Crippen LogP contribution in [0, 0.1) is 6.92 Å². The van der Waals surface area contributed by atoms with Crippen molar-refractivity contribution < 1.29 is 14.3 Å². The minimum absolute atomic E-state index is 0.0198. The summed E-state index contributed by atoms with van der Waals surface area (Å²) in [6.45, 7) is 6.43. The molecule has 0 N–H and O–H groups in total.